The topological polar surface area (TPSA) is 54.5 Å². The lowest BCUT2D eigenvalue weighted by Gasteiger charge is -2.36. The number of pyridine rings is 1. The number of benzene rings is 1. The highest BCUT2D eigenvalue weighted by Gasteiger charge is 2.28. The van der Waals surface area contributed by atoms with Crippen molar-refractivity contribution >= 4 is 5.91 Å². The summed E-state index contributed by atoms with van der Waals surface area (Å²) in [5.74, 6) is 0.620. The summed E-state index contributed by atoms with van der Waals surface area (Å²) in [6.07, 6.45) is 4.32. The van der Waals surface area contributed by atoms with E-state index in [1.54, 1.807) is 24.5 Å². The summed E-state index contributed by atoms with van der Waals surface area (Å²) in [5.41, 5.74) is 2.47. The van der Waals surface area contributed by atoms with Crippen molar-refractivity contribution in [2.45, 2.75) is 19.4 Å². The number of carbonyl (C=O) groups excluding carboxylic acids is 1. The van der Waals surface area contributed by atoms with Crippen LogP contribution in [0.5, 0.6) is 5.75 Å². The van der Waals surface area contributed by atoms with Gasteiger partial charge in [0.1, 0.15) is 5.75 Å². The predicted molar refractivity (Wildman–Crippen MR) is 92.9 cm³/mol. The molecule has 0 bridgehead atoms. The van der Waals surface area contributed by atoms with Crippen LogP contribution in [-0.4, -0.2) is 42.0 Å². The Morgan fingerprint density at radius 2 is 2.17 bits per heavy atom. The van der Waals surface area contributed by atoms with Gasteiger partial charge in [-0.2, -0.15) is 0 Å². The maximum atomic E-state index is 12.6. The van der Waals surface area contributed by atoms with Crippen LogP contribution in [0.2, 0.25) is 0 Å². The van der Waals surface area contributed by atoms with E-state index in [-0.39, 0.29) is 18.6 Å². The number of rotatable bonds is 5. The first-order valence-corrected chi connectivity index (χ1v) is 8.39. The Hall–Kier alpha value is -2.40. The van der Waals surface area contributed by atoms with Crippen molar-refractivity contribution in [2.75, 3.05) is 26.2 Å². The fourth-order valence-electron chi connectivity index (χ4n) is 2.94. The molecule has 1 aliphatic heterocycles. The fraction of sp³-hybridized carbons (Fsp3) is 0.368. The van der Waals surface area contributed by atoms with Gasteiger partial charge in [0, 0.05) is 25.8 Å². The molecule has 5 heteroatoms. The highest BCUT2D eigenvalue weighted by atomic mass is 16.5. The number of ether oxygens (including phenoxy) is 1. The summed E-state index contributed by atoms with van der Waals surface area (Å²) in [4.78, 5) is 18.5. The molecule has 126 valence electrons. The molecule has 1 aliphatic rings. The molecule has 1 saturated heterocycles. The van der Waals surface area contributed by atoms with Crippen LogP contribution in [0.3, 0.4) is 0 Å². The van der Waals surface area contributed by atoms with Crippen molar-refractivity contribution in [3.05, 3.63) is 59.9 Å². The molecule has 1 N–H and O–H groups in total. The number of nitrogens with one attached hydrogen (secondary N) is 1. The lowest BCUT2D eigenvalue weighted by molar-refractivity contribution is -0.136. The van der Waals surface area contributed by atoms with Crippen LogP contribution in [0.1, 0.15) is 24.1 Å². The summed E-state index contributed by atoms with van der Waals surface area (Å²) < 4.78 is 5.57. The molecule has 0 spiro atoms. The van der Waals surface area contributed by atoms with Gasteiger partial charge in [0.2, 0.25) is 0 Å². The van der Waals surface area contributed by atoms with Crippen molar-refractivity contribution in [3.63, 3.8) is 0 Å². The Labute approximate surface area is 142 Å². The molecule has 0 aliphatic carbocycles. The Morgan fingerprint density at radius 1 is 1.33 bits per heavy atom. The average Bonchev–Trinajstić information content (AvgIpc) is 2.67. The largest absolute Gasteiger partial charge is 0.482 e. The standard InChI is InChI=1S/C19H23N3O2/c1-2-15-5-7-16(8-6-15)18-13-21-10-11-22(18)19(23)14-24-17-4-3-9-20-12-17/h3-9,12,18,21H,2,10-11,13-14H2,1H3. The van der Waals surface area contributed by atoms with Crippen molar-refractivity contribution in [1.29, 1.82) is 0 Å². The molecule has 1 fully saturated rings. The number of aromatic nitrogens is 1. The van der Waals surface area contributed by atoms with E-state index in [9.17, 15) is 4.79 Å². The minimum Gasteiger partial charge on any atom is -0.482 e. The predicted octanol–water partition coefficient (Wildman–Crippen LogP) is 2.20. The van der Waals surface area contributed by atoms with Gasteiger partial charge < -0.3 is 15.0 Å². The maximum Gasteiger partial charge on any atom is 0.261 e. The molecule has 2 aromatic rings. The van der Waals surface area contributed by atoms with Crippen LogP contribution in [0.4, 0.5) is 0 Å². The molecule has 0 radical (unpaired) electrons. The third kappa shape index (κ3) is 3.92. The molecule has 3 rings (SSSR count). The zero-order chi connectivity index (χ0) is 16.8. The first kappa shape index (κ1) is 16.5. The summed E-state index contributed by atoms with van der Waals surface area (Å²) in [5, 5.41) is 3.38. The van der Waals surface area contributed by atoms with Crippen molar-refractivity contribution in [2.24, 2.45) is 0 Å². The number of piperazine rings is 1. The van der Waals surface area contributed by atoms with Crippen LogP contribution in [0.25, 0.3) is 0 Å². The minimum atomic E-state index is 0.00456. The third-order valence-electron chi connectivity index (χ3n) is 4.33. The van der Waals surface area contributed by atoms with Crippen molar-refractivity contribution < 1.29 is 9.53 Å². The number of aryl methyl sites for hydroxylation is 1. The quantitative estimate of drug-likeness (QED) is 0.916. The Kier molecular flexibility index (Phi) is 5.43. The Bertz CT molecular complexity index is 658. The number of amides is 1. The van der Waals surface area contributed by atoms with E-state index >= 15 is 0 Å². The first-order valence-electron chi connectivity index (χ1n) is 8.39. The van der Waals surface area contributed by atoms with Crippen LogP contribution in [-0.2, 0) is 11.2 Å². The van der Waals surface area contributed by atoms with E-state index in [2.05, 4.69) is 41.5 Å². The van der Waals surface area contributed by atoms with Gasteiger partial charge in [0.15, 0.2) is 6.61 Å². The Balaban J connectivity index is 1.67. The molecular weight excluding hydrogens is 302 g/mol. The van der Waals surface area contributed by atoms with Crippen molar-refractivity contribution in [3.8, 4) is 5.75 Å². The van der Waals surface area contributed by atoms with Gasteiger partial charge in [-0.25, -0.2) is 0 Å². The summed E-state index contributed by atoms with van der Waals surface area (Å²) in [6, 6.07) is 12.2. The maximum absolute atomic E-state index is 12.6. The smallest absolute Gasteiger partial charge is 0.261 e. The molecule has 0 saturated carbocycles. The van der Waals surface area contributed by atoms with Gasteiger partial charge in [-0.3, -0.25) is 9.78 Å². The summed E-state index contributed by atoms with van der Waals surface area (Å²) >= 11 is 0. The highest BCUT2D eigenvalue weighted by Crippen LogP contribution is 2.23. The number of nitrogens with zero attached hydrogens (tertiary/aromatic N) is 2. The van der Waals surface area contributed by atoms with Crippen LogP contribution in [0, 0.1) is 0 Å². The molecule has 1 aromatic carbocycles. The molecule has 1 aromatic heterocycles. The fourth-order valence-corrected chi connectivity index (χ4v) is 2.94. The van der Waals surface area contributed by atoms with Gasteiger partial charge in [0.05, 0.1) is 12.2 Å². The normalized spacial score (nSPS) is 17.5. The van der Waals surface area contributed by atoms with E-state index in [0.29, 0.717) is 12.3 Å². The van der Waals surface area contributed by atoms with E-state index in [4.69, 9.17) is 4.74 Å². The minimum absolute atomic E-state index is 0.00456. The SMILES string of the molecule is CCc1ccc(C2CNCCN2C(=O)COc2cccnc2)cc1. The van der Waals surface area contributed by atoms with E-state index in [1.165, 1.54) is 5.56 Å². The van der Waals surface area contributed by atoms with Gasteiger partial charge in [-0.1, -0.05) is 31.2 Å². The second kappa shape index (κ2) is 7.93. The highest BCUT2D eigenvalue weighted by molar-refractivity contribution is 5.78. The number of hydrogen-bond donors (Lipinski definition) is 1. The lowest BCUT2D eigenvalue weighted by Crippen LogP contribution is -2.50. The number of carbonyl (C=O) groups is 1. The van der Waals surface area contributed by atoms with Crippen molar-refractivity contribution in [1.82, 2.24) is 15.2 Å². The van der Waals surface area contributed by atoms with E-state index < -0.39 is 0 Å². The van der Waals surface area contributed by atoms with Gasteiger partial charge in [-0.05, 0) is 29.7 Å². The molecule has 2 heterocycles. The summed E-state index contributed by atoms with van der Waals surface area (Å²) in [7, 11) is 0. The first-order chi connectivity index (χ1) is 11.8. The molecule has 24 heavy (non-hydrogen) atoms. The Morgan fingerprint density at radius 3 is 2.88 bits per heavy atom. The zero-order valence-electron chi connectivity index (χ0n) is 13.9. The average molecular weight is 325 g/mol. The van der Waals surface area contributed by atoms with Crippen LogP contribution < -0.4 is 10.1 Å². The van der Waals surface area contributed by atoms with E-state index in [0.717, 1.165) is 25.1 Å². The van der Waals surface area contributed by atoms with Gasteiger partial charge in [-0.15, -0.1) is 0 Å². The third-order valence-corrected chi connectivity index (χ3v) is 4.33. The lowest BCUT2D eigenvalue weighted by atomic mass is 10.0. The summed E-state index contributed by atoms with van der Waals surface area (Å²) in [6.45, 7) is 4.44. The molecule has 5 nitrogen and oxygen atoms in total. The second-order valence-electron chi connectivity index (χ2n) is 5.88. The second-order valence-corrected chi connectivity index (χ2v) is 5.88. The van der Waals surface area contributed by atoms with E-state index in [1.807, 2.05) is 4.90 Å². The molecule has 1 unspecified atom stereocenters. The molecule has 1 atom stereocenters. The van der Waals surface area contributed by atoms with Crippen LogP contribution >= 0.6 is 0 Å². The van der Waals surface area contributed by atoms with Gasteiger partial charge >= 0.3 is 0 Å². The number of hydrogen-bond acceptors (Lipinski definition) is 4. The molecular formula is C19H23N3O2. The van der Waals surface area contributed by atoms with Gasteiger partial charge in [0.25, 0.3) is 5.91 Å². The van der Waals surface area contributed by atoms with Crippen LogP contribution in [0.15, 0.2) is 48.8 Å². The monoisotopic (exact) mass is 325 g/mol. The zero-order valence-corrected chi connectivity index (χ0v) is 13.9. The molecule has 1 amide bonds.